The molecule has 7 heteroatoms. The van der Waals surface area contributed by atoms with Crippen molar-refractivity contribution in [1.29, 1.82) is 0 Å². The average Bonchev–Trinajstić information content (AvgIpc) is 2.34. The quantitative estimate of drug-likeness (QED) is 0.292. The topological polar surface area (TPSA) is 29.1 Å². The maximum atomic E-state index is 13.1. The molecule has 1 aromatic rings. The summed E-state index contributed by atoms with van der Waals surface area (Å²) in [5.41, 5.74) is -1.52. The lowest BCUT2D eigenvalue weighted by Crippen LogP contribution is -2.27. The van der Waals surface area contributed by atoms with Gasteiger partial charge in [0.25, 0.3) is 5.91 Å². The van der Waals surface area contributed by atoms with Gasteiger partial charge in [-0.3, -0.25) is 4.79 Å². The van der Waals surface area contributed by atoms with Crippen LogP contribution in [-0.2, 0) is 0 Å². The van der Waals surface area contributed by atoms with E-state index in [1.165, 1.54) is 0 Å². The molecule has 0 spiro atoms. The van der Waals surface area contributed by atoms with Crippen LogP contribution in [0.25, 0.3) is 0 Å². The van der Waals surface area contributed by atoms with E-state index in [4.69, 9.17) is 6.42 Å². The zero-order chi connectivity index (χ0) is 13.9. The van der Waals surface area contributed by atoms with E-state index in [9.17, 15) is 26.7 Å². The summed E-state index contributed by atoms with van der Waals surface area (Å²) < 4.78 is 64.5. The fraction of sp³-hybridized carbons (Fsp3) is 0.182. The molecule has 0 aliphatic rings. The zero-order valence-electron chi connectivity index (χ0n) is 8.79. The first kappa shape index (κ1) is 14.0. The second-order valence-electron chi connectivity index (χ2n) is 3.15. The van der Waals surface area contributed by atoms with Gasteiger partial charge in [-0.1, -0.05) is 0 Å². The van der Waals surface area contributed by atoms with Crippen LogP contribution in [0.4, 0.5) is 22.0 Å². The Balaban J connectivity index is 3.17. The number of hydrogen-bond acceptors (Lipinski definition) is 1. The molecular weight excluding hydrogens is 257 g/mol. The molecule has 1 N–H and O–H groups in total. The highest BCUT2D eigenvalue weighted by Gasteiger charge is 2.29. The molecule has 0 fully saturated rings. The van der Waals surface area contributed by atoms with Gasteiger partial charge in [0, 0.05) is 13.0 Å². The van der Waals surface area contributed by atoms with Crippen molar-refractivity contribution in [3.8, 4) is 12.3 Å². The fourth-order valence-electron chi connectivity index (χ4n) is 1.14. The van der Waals surface area contributed by atoms with Crippen LogP contribution in [0.1, 0.15) is 16.8 Å². The zero-order valence-corrected chi connectivity index (χ0v) is 8.79. The number of terminal acetylenes is 1. The minimum absolute atomic E-state index is 0.0567. The lowest BCUT2D eigenvalue weighted by Gasteiger charge is -2.08. The Labute approximate surface area is 98.8 Å². The third-order valence-electron chi connectivity index (χ3n) is 1.99. The van der Waals surface area contributed by atoms with Gasteiger partial charge in [-0.25, -0.2) is 22.0 Å². The van der Waals surface area contributed by atoms with Gasteiger partial charge in [0.1, 0.15) is 5.56 Å². The highest BCUT2D eigenvalue weighted by atomic mass is 19.2. The number of carbonyl (C=O) groups is 1. The van der Waals surface area contributed by atoms with Crippen molar-refractivity contribution in [2.45, 2.75) is 6.42 Å². The minimum atomic E-state index is -2.31. The summed E-state index contributed by atoms with van der Waals surface area (Å²) in [4.78, 5) is 11.3. The molecule has 2 nitrogen and oxygen atoms in total. The maximum absolute atomic E-state index is 13.1. The molecule has 1 aromatic carbocycles. The lowest BCUT2D eigenvalue weighted by atomic mass is 10.1. The van der Waals surface area contributed by atoms with Crippen LogP contribution in [0.2, 0.25) is 0 Å². The van der Waals surface area contributed by atoms with Crippen molar-refractivity contribution >= 4 is 5.91 Å². The van der Waals surface area contributed by atoms with Crippen LogP contribution in [0.3, 0.4) is 0 Å². The highest BCUT2D eigenvalue weighted by molar-refractivity contribution is 5.94. The Morgan fingerprint density at radius 3 is 1.89 bits per heavy atom. The smallest absolute Gasteiger partial charge is 0.257 e. The predicted molar refractivity (Wildman–Crippen MR) is 52.0 cm³/mol. The molecule has 0 heterocycles. The van der Waals surface area contributed by atoms with Gasteiger partial charge in [0.15, 0.2) is 23.3 Å². The van der Waals surface area contributed by atoms with E-state index in [0.717, 1.165) is 0 Å². The maximum Gasteiger partial charge on any atom is 0.257 e. The molecule has 0 aliphatic heterocycles. The van der Waals surface area contributed by atoms with E-state index in [1.807, 2.05) is 5.32 Å². The molecule has 0 atom stereocenters. The second-order valence-corrected chi connectivity index (χ2v) is 3.15. The van der Waals surface area contributed by atoms with Crippen molar-refractivity contribution in [2.24, 2.45) is 0 Å². The van der Waals surface area contributed by atoms with Crippen molar-refractivity contribution in [3.05, 3.63) is 34.6 Å². The molecule has 1 amide bonds. The molecule has 0 unspecified atom stereocenters. The van der Waals surface area contributed by atoms with Gasteiger partial charge in [-0.05, 0) is 0 Å². The van der Waals surface area contributed by atoms with Crippen LogP contribution < -0.4 is 5.32 Å². The summed E-state index contributed by atoms with van der Waals surface area (Å²) >= 11 is 0. The first-order valence-electron chi connectivity index (χ1n) is 4.64. The SMILES string of the molecule is C#CCCNC(=O)c1c(F)c(F)c(F)c(F)c1F. The summed E-state index contributed by atoms with van der Waals surface area (Å²) in [5, 5.41) is 1.94. The molecule has 0 saturated carbocycles. The van der Waals surface area contributed by atoms with E-state index >= 15 is 0 Å². The second kappa shape index (κ2) is 5.49. The predicted octanol–water partition coefficient (Wildman–Crippen LogP) is 2.14. The summed E-state index contributed by atoms with van der Waals surface area (Å²) in [6.07, 6.45) is 4.92. The minimum Gasteiger partial charge on any atom is -0.351 e. The van der Waals surface area contributed by atoms with Crippen molar-refractivity contribution < 1.29 is 26.7 Å². The highest BCUT2D eigenvalue weighted by Crippen LogP contribution is 2.22. The number of halogens is 5. The molecule has 1 rings (SSSR count). The number of carbonyl (C=O) groups excluding carboxylic acids is 1. The number of hydrogen-bond donors (Lipinski definition) is 1. The van der Waals surface area contributed by atoms with Crippen molar-refractivity contribution in [2.75, 3.05) is 6.54 Å². The van der Waals surface area contributed by atoms with E-state index < -0.39 is 40.6 Å². The molecule has 0 saturated heterocycles. The van der Waals surface area contributed by atoms with Crippen molar-refractivity contribution in [3.63, 3.8) is 0 Å². The Bertz CT molecular complexity index is 506. The molecule has 0 aromatic heterocycles. The number of nitrogens with one attached hydrogen (secondary N) is 1. The lowest BCUT2D eigenvalue weighted by molar-refractivity contribution is 0.0943. The number of rotatable bonds is 3. The van der Waals surface area contributed by atoms with Crippen LogP contribution in [0.15, 0.2) is 0 Å². The molecule has 96 valence electrons. The summed E-state index contributed by atoms with van der Waals surface area (Å²) in [5.74, 6) is -10.3. The van der Waals surface area contributed by atoms with Gasteiger partial charge in [-0.2, -0.15) is 0 Å². The van der Waals surface area contributed by atoms with Crippen molar-refractivity contribution in [1.82, 2.24) is 5.32 Å². The van der Waals surface area contributed by atoms with Gasteiger partial charge < -0.3 is 5.32 Å². The summed E-state index contributed by atoms with van der Waals surface area (Å²) in [6, 6.07) is 0. The van der Waals surface area contributed by atoms with Crippen LogP contribution in [0.5, 0.6) is 0 Å². The molecule has 0 bridgehead atoms. The average molecular weight is 263 g/mol. The Morgan fingerprint density at radius 2 is 1.44 bits per heavy atom. The summed E-state index contributed by atoms with van der Waals surface area (Å²) in [6.45, 7) is -0.144. The van der Waals surface area contributed by atoms with Gasteiger partial charge in [0.05, 0.1) is 0 Å². The van der Waals surface area contributed by atoms with Gasteiger partial charge >= 0.3 is 0 Å². The third kappa shape index (κ3) is 2.42. The molecule has 0 radical (unpaired) electrons. The summed E-state index contributed by atoms with van der Waals surface area (Å²) in [7, 11) is 0. The van der Waals surface area contributed by atoms with E-state index in [2.05, 4.69) is 5.92 Å². The number of benzene rings is 1. The van der Waals surface area contributed by atoms with E-state index in [1.54, 1.807) is 0 Å². The Kier molecular flexibility index (Phi) is 4.26. The third-order valence-corrected chi connectivity index (χ3v) is 1.99. The van der Waals surface area contributed by atoms with Crippen LogP contribution in [-0.4, -0.2) is 12.5 Å². The molecular formula is C11H6F5NO. The normalized spacial score (nSPS) is 10.0. The Morgan fingerprint density at radius 1 is 1.00 bits per heavy atom. The number of amides is 1. The van der Waals surface area contributed by atoms with E-state index in [0.29, 0.717) is 0 Å². The Hall–Kier alpha value is -2.10. The largest absolute Gasteiger partial charge is 0.351 e. The van der Waals surface area contributed by atoms with E-state index in [-0.39, 0.29) is 13.0 Å². The first-order valence-corrected chi connectivity index (χ1v) is 4.64. The first-order chi connectivity index (χ1) is 8.41. The monoisotopic (exact) mass is 263 g/mol. The van der Waals surface area contributed by atoms with Gasteiger partial charge in [0.2, 0.25) is 5.82 Å². The van der Waals surface area contributed by atoms with Crippen LogP contribution in [0, 0.1) is 41.4 Å². The van der Waals surface area contributed by atoms with Crippen LogP contribution >= 0.6 is 0 Å². The standard InChI is InChI=1S/C11H6F5NO/c1-2-3-4-17-11(18)5-6(12)8(14)10(16)9(15)7(5)13/h1H,3-4H2,(H,17,18). The van der Waals surface area contributed by atoms with Gasteiger partial charge in [-0.15, -0.1) is 12.3 Å². The molecule has 0 aliphatic carbocycles. The fourth-order valence-corrected chi connectivity index (χ4v) is 1.14. The molecule has 18 heavy (non-hydrogen) atoms.